The minimum atomic E-state index is -0.479. The number of rotatable bonds is 4. The van der Waals surface area contributed by atoms with Gasteiger partial charge in [0.1, 0.15) is 11.6 Å². The Morgan fingerprint density at radius 3 is 2.78 bits per heavy atom. The summed E-state index contributed by atoms with van der Waals surface area (Å²) in [7, 11) is 1.55. The fraction of sp³-hybridized carbons (Fsp3) is 0.619. The van der Waals surface area contributed by atoms with Crippen LogP contribution in [0.15, 0.2) is 18.2 Å². The smallest absolute Gasteiger partial charge is 0.230 e. The van der Waals surface area contributed by atoms with Crippen molar-refractivity contribution in [1.82, 2.24) is 9.80 Å². The van der Waals surface area contributed by atoms with Crippen molar-refractivity contribution in [2.75, 3.05) is 26.7 Å². The molecule has 0 N–H and O–H groups in total. The van der Waals surface area contributed by atoms with Gasteiger partial charge in [0.25, 0.3) is 0 Å². The number of piperidine rings is 1. The lowest BCUT2D eigenvalue weighted by molar-refractivity contribution is -0.147. The Kier molecular flexibility index (Phi) is 4.82. The molecule has 0 aromatic heterocycles. The average Bonchev–Trinajstić information content (AvgIpc) is 3.04. The van der Waals surface area contributed by atoms with Crippen molar-refractivity contribution in [2.24, 2.45) is 11.3 Å². The third-order valence-corrected chi connectivity index (χ3v) is 6.56. The molecule has 146 valence electrons. The number of carbonyl (C=O) groups excluding carboxylic acids is 2. The summed E-state index contributed by atoms with van der Waals surface area (Å²) in [6.07, 6.45) is 5.53. The van der Waals surface area contributed by atoms with E-state index in [0.717, 1.165) is 38.5 Å². The molecule has 0 radical (unpaired) electrons. The fourth-order valence-corrected chi connectivity index (χ4v) is 4.66. The van der Waals surface area contributed by atoms with E-state index in [0.29, 0.717) is 30.9 Å². The zero-order valence-corrected chi connectivity index (χ0v) is 15.9. The molecule has 1 aromatic carbocycles. The molecule has 1 spiro atoms. The highest BCUT2D eigenvalue weighted by molar-refractivity contribution is 5.86. The minimum absolute atomic E-state index is 0.0693. The van der Waals surface area contributed by atoms with E-state index in [-0.39, 0.29) is 30.1 Å². The van der Waals surface area contributed by atoms with Crippen molar-refractivity contribution in [1.29, 1.82) is 0 Å². The third-order valence-electron chi connectivity index (χ3n) is 6.56. The number of hydrogen-bond acceptors (Lipinski definition) is 3. The summed E-state index contributed by atoms with van der Waals surface area (Å²) in [4.78, 5) is 29.5. The zero-order chi connectivity index (χ0) is 19.0. The van der Waals surface area contributed by atoms with Gasteiger partial charge in [0, 0.05) is 37.7 Å². The van der Waals surface area contributed by atoms with Crippen LogP contribution in [-0.2, 0) is 16.1 Å². The lowest BCUT2D eigenvalue weighted by atomic mass is 9.78. The number of hydrogen-bond donors (Lipinski definition) is 0. The van der Waals surface area contributed by atoms with Crippen molar-refractivity contribution in [3.63, 3.8) is 0 Å². The number of amides is 2. The molecule has 4 rings (SSSR count). The second-order valence-electron chi connectivity index (χ2n) is 8.21. The van der Waals surface area contributed by atoms with Crippen LogP contribution in [-0.4, -0.2) is 48.4 Å². The van der Waals surface area contributed by atoms with Crippen LogP contribution in [0.25, 0.3) is 0 Å². The summed E-state index contributed by atoms with van der Waals surface area (Å²) >= 11 is 0. The second-order valence-corrected chi connectivity index (χ2v) is 8.21. The molecule has 1 saturated carbocycles. The van der Waals surface area contributed by atoms with Crippen LogP contribution < -0.4 is 4.74 Å². The number of nitrogens with zero attached hydrogens (tertiary/aromatic N) is 2. The first-order valence-electron chi connectivity index (χ1n) is 9.93. The highest BCUT2D eigenvalue weighted by Gasteiger charge is 2.50. The lowest BCUT2D eigenvalue weighted by Gasteiger charge is -2.39. The number of carbonyl (C=O) groups is 2. The average molecular weight is 374 g/mol. The van der Waals surface area contributed by atoms with Gasteiger partial charge in [-0.25, -0.2) is 4.39 Å². The summed E-state index contributed by atoms with van der Waals surface area (Å²) in [5, 5.41) is 0. The molecule has 2 aliphatic heterocycles. The highest BCUT2D eigenvalue weighted by atomic mass is 19.1. The summed E-state index contributed by atoms with van der Waals surface area (Å²) in [5.74, 6) is 0.725. The topological polar surface area (TPSA) is 49.9 Å². The van der Waals surface area contributed by atoms with Gasteiger partial charge in [-0.2, -0.15) is 0 Å². The third kappa shape index (κ3) is 3.30. The predicted octanol–water partition coefficient (Wildman–Crippen LogP) is 2.98. The number of benzene rings is 1. The molecule has 3 fully saturated rings. The minimum Gasteiger partial charge on any atom is -0.497 e. The zero-order valence-electron chi connectivity index (χ0n) is 15.9. The van der Waals surface area contributed by atoms with Gasteiger partial charge < -0.3 is 14.5 Å². The Bertz CT molecular complexity index is 749. The van der Waals surface area contributed by atoms with Crippen LogP contribution in [0.2, 0.25) is 0 Å². The first-order valence-corrected chi connectivity index (χ1v) is 9.93. The molecule has 1 aliphatic carbocycles. The van der Waals surface area contributed by atoms with Gasteiger partial charge in [-0.1, -0.05) is 6.42 Å². The SMILES string of the molecule is COc1ccc(F)c(CN2CCCC3(CCN(C(=O)C4CCC4)C3)C2=O)c1. The molecule has 0 bridgehead atoms. The van der Waals surface area contributed by atoms with Crippen molar-refractivity contribution in [3.05, 3.63) is 29.6 Å². The van der Waals surface area contributed by atoms with Crippen LogP contribution in [0.5, 0.6) is 5.75 Å². The Balaban J connectivity index is 1.47. The van der Waals surface area contributed by atoms with E-state index in [1.807, 2.05) is 4.90 Å². The van der Waals surface area contributed by atoms with Crippen molar-refractivity contribution < 1.29 is 18.7 Å². The molecule has 6 heteroatoms. The second kappa shape index (κ2) is 7.13. The number of halogens is 1. The molecule has 3 aliphatic rings. The van der Waals surface area contributed by atoms with Crippen LogP contribution in [0.1, 0.15) is 44.1 Å². The molecule has 2 amide bonds. The van der Waals surface area contributed by atoms with Crippen LogP contribution in [0.3, 0.4) is 0 Å². The Morgan fingerprint density at radius 2 is 2.07 bits per heavy atom. The summed E-state index contributed by atoms with van der Waals surface area (Å²) < 4.78 is 19.4. The molecular formula is C21H27FN2O3. The Labute approximate surface area is 159 Å². The van der Waals surface area contributed by atoms with Gasteiger partial charge in [-0.05, 0) is 50.3 Å². The highest BCUT2D eigenvalue weighted by Crippen LogP contribution is 2.42. The van der Waals surface area contributed by atoms with E-state index in [4.69, 9.17) is 4.74 Å². The van der Waals surface area contributed by atoms with E-state index in [2.05, 4.69) is 0 Å². The Hall–Kier alpha value is -2.11. The number of likely N-dealkylation sites (tertiary alicyclic amines) is 2. The van der Waals surface area contributed by atoms with Gasteiger partial charge >= 0.3 is 0 Å². The first-order chi connectivity index (χ1) is 13.0. The van der Waals surface area contributed by atoms with Crippen LogP contribution in [0, 0.1) is 17.2 Å². The van der Waals surface area contributed by atoms with Crippen LogP contribution >= 0.6 is 0 Å². The molecule has 5 nitrogen and oxygen atoms in total. The van der Waals surface area contributed by atoms with Crippen molar-refractivity contribution in [2.45, 2.75) is 45.1 Å². The maximum Gasteiger partial charge on any atom is 0.230 e. The standard InChI is InChI=1S/C21H27FN2O3/c1-27-17-6-7-18(22)16(12-17)13-23-10-3-8-21(20(23)26)9-11-24(14-21)19(25)15-4-2-5-15/h6-7,12,15H,2-5,8-11,13-14H2,1H3. The summed E-state index contributed by atoms with van der Waals surface area (Å²) in [5.41, 5.74) is -0.00681. The Morgan fingerprint density at radius 1 is 1.26 bits per heavy atom. The van der Waals surface area contributed by atoms with E-state index in [1.54, 1.807) is 24.1 Å². The molecule has 2 heterocycles. The first kappa shape index (κ1) is 18.3. The number of methoxy groups -OCH3 is 1. The monoisotopic (exact) mass is 374 g/mol. The van der Waals surface area contributed by atoms with Crippen molar-refractivity contribution >= 4 is 11.8 Å². The predicted molar refractivity (Wildman–Crippen MR) is 98.6 cm³/mol. The van der Waals surface area contributed by atoms with Crippen LogP contribution in [0.4, 0.5) is 4.39 Å². The largest absolute Gasteiger partial charge is 0.497 e. The van der Waals surface area contributed by atoms with Gasteiger partial charge in [0.05, 0.1) is 12.5 Å². The normalized spacial score (nSPS) is 25.8. The van der Waals surface area contributed by atoms with Crippen molar-refractivity contribution in [3.8, 4) is 5.75 Å². The number of ether oxygens (including phenoxy) is 1. The molecule has 1 atom stereocenters. The summed E-state index contributed by atoms with van der Waals surface area (Å²) in [6.45, 7) is 2.08. The van der Waals surface area contributed by atoms with E-state index in [9.17, 15) is 14.0 Å². The van der Waals surface area contributed by atoms with Gasteiger partial charge in [0.2, 0.25) is 11.8 Å². The van der Waals surface area contributed by atoms with E-state index < -0.39 is 5.41 Å². The van der Waals surface area contributed by atoms with Gasteiger partial charge in [-0.15, -0.1) is 0 Å². The maximum atomic E-state index is 14.2. The molecule has 1 aromatic rings. The maximum absolute atomic E-state index is 14.2. The molecular weight excluding hydrogens is 347 g/mol. The molecule has 27 heavy (non-hydrogen) atoms. The molecule has 2 saturated heterocycles. The van der Waals surface area contributed by atoms with Gasteiger partial charge in [-0.3, -0.25) is 9.59 Å². The molecule has 1 unspecified atom stereocenters. The lowest BCUT2D eigenvalue weighted by Crippen LogP contribution is -2.50. The quantitative estimate of drug-likeness (QED) is 0.814. The van der Waals surface area contributed by atoms with Gasteiger partial charge in [0.15, 0.2) is 0 Å². The van der Waals surface area contributed by atoms with E-state index in [1.165, 1.54) is 6.07 Å². The van der Waals surface area contributed by atoms with E-state index >= 15 is 0 Å². The summed E-state index contributed by atoms with van der Waals surface area (Å²) in [6, 6.07) is 4.62. The fourth-order valence-electron chi connectivity index (χ4n) is 4.66.